The maximum Gasteiger partial charge on any atom is 0.310 e. The Morgan fingerprint density at radius 3 is 2.57 bits per heavy atom. The fourth-order valence-corrected chi connectivity index (χ4v) is 3.56. The Labute approximate surface area is 137 Å². The summed E-state index contributed by atoms with van der Waals surface area (Å²) in [4.78, 5) is 26.2. The molecule has 4 heteroatoms. The molecule has 3 unspecified atom stereocenters. The molecule has 3 rings (SSSR count). The zero-order valence-corrected chi connectivity index (χ0v) is 13.5. The van der Waals surface area contributed by atoms with E-state index in [0.29, 0.717) is 24.9 Å². The molecule has 0 spiro atoms. The van der Waals surface area contributed by atoms with Crippen molar-refractivity contribution in [2.75, 3.05) is 13.2 Å². The molecule has 4 nitrogen and oxygen atoms in total. The smallest absolute Gasteiger partial charge is 0.310 e. The summed E-state index contributed by atoms with van der Waals surface area (Å²) in [5.74, 6) is 0.434. The van der Waals surface area contributed by atoms with Crippen LogP contribution in [-0.2, 0) is 20.9 Å². The van der Waals surface area contributed by atoms with Crippen LogP contribution in [0.25, 0.3) is 0 Å². The Bertz CT molecular complexity index is 596. The number of carbonyl (C=O) groups is 2. The molecule has 1 amide bonds. The van der Waals surface area contributed by atoms with Crippen molar-refractivity contribution in [3.05, 3.63) is 48.0 Å². The van der Waals surface area contributed by atoms with Gasteiger partial charge in [-0.2, -0.15) is 0 Å². The van der Waals surface area contributed by atoms with Crippen molar-refractivity contribution in [1.82, 2.24) is 4.90 Å². The molecule has 2 aliphatic carbocycles. The van der Waals surface area contributed by atoms with Gasteiger partial charge in [-0.1, -0.05) is 42.5 Å². The monoisotopic (exact) mass is 313 g/mol. The van der Waals surface area contributed by atoms with Crippen LogP contribution >= 0.6 is 0 Å². The second kappa shape index (κ2) is 6.99. The molecule has 23 heavy (non-hydrogen) atoms. The van der Waals surface area contributed by atoms with Crippen LogP contribution in [0.2, 0.25) is 0 Å². The molecule has 0 heterocycles. The predicted octanol–water partition coefficient (Wildman–Crippen LogP) is 2.79. The van der Waals surface area contributed by atoms with E-state index in [1.807, 2.05) is 37.3 Å². The van der Waals surface area contributed by atoms with Gasteiger partial charge in [-0.15, -0.1) is 0 Å². The molecule has 1 fully saturated rings. The number of likely N-dealkylation sites (N-methyl/N-ethyl adjacent to an activating group) is 1. The molecule has 3 atom stereocenters. The number of fused-ring (bicyclic) bond motifs is 2. The molecule has 0 N–H and O–H groups in total. The fourth-order valence-electron chi connectivity index (χ4n) is 3.56. The molecule has 122 valence electrons. The summed E-state index contributed by atoms with van der Waals surface area (Å²) in [5.41, 5.74) is 1.08. The number of ether oxygens (including phenoxy) is 1. The molecule has 0 aromatic heterocycles. The number of esters is 1. The van der Waals surface area contributed by atoms with Crippen LogP contribution < -0.4 is 0 Å². The number of allylic oxidation sites excluding steroid dienone is 2. The summed E-state index contributed by atoms with van der Waals surface area (Å²) in [7, 11) is 0. The highest BCUT2D eigenvalue weighted by molar-refractivity contribution is 5.81. The number of amides is 1. The van der Waals surface area contributed by atoms with Gasteiger partial charge in [0.05, 0.1) is 5.92 Å². The molecule has 0 saturated heterocycles. The van der Waals surface area contributed by atoms with Crippen LogP contribution in [0.5, 0.6) is 0 Å². The van der Waals surface area contributed by atoms with E-state index in [1.54, 1.807) is 4.90 Å². The van der Waals surface area contributed by atoms with Crippen LogP contribution in [0, 0.1) is 17.8 Å². The van der Waals surface area contributed by atoms with Gasteiger partial charge in [-0.05, 0) is 37.2 Å². The number of hydrogen-bond acceptors (Lipinski definition) is 3. The van der Waals surface area contributed by atoms with E-state index in [-0.39, 0.29) is 24.4 Å². The van der Waals surface area contributed by atoms with Gasteiger partial charge < -0.3 is 9.64 Å². The van der Waals surface area contributed by atoms with Crippen molar-refractivity contribution in [2.24, 2.45) is 17.8 Å². The molecule has 0 radical (unpaired) electrons. The van der Waals surface area contributed by atoms with Gasteiger partial charge in [-0.3, -0.25) is 9.59 Å². The average molecular weight is 313 g/mol. The van der Waals surface area contributed by atoms with Crippen molar-refractivity contribution in [1.29, 1.82) is 0 Å². The first kappa shape index (κ1) is 15.8. The van der Waals surface area contributed by atoms with Gasteiger partial charge in [-0.25, -0.2) is 0 Å². The predicted molar refractivity (Wildman–Crippen MR) is 87.3 cm³/mol. The summed E-state index contributed by atoms with van der Waals surface area (Å²) in [6.45, 7) is 2.92. The first-order valence-corrected chi connectivity index (χ1v) is 8.34. The minimum absolute atomic E-state index is 0.0537. The first-order valence-electron chi connectivity index (χ1n) is 8.34. The van der Waals surface area contributed by atoms with Crippen molar-refractivity contribution in [2.45, 2.75) is 26.3 Å². The number of rotatable bonds is 6. The molecular weight excluding hydrogens is 290 g/mol. The highest BCUT2D eigenvalue weighted by Crippen LogP contribution is 2.43. The van der Waals surface area contributed by atoms with E-state index in [9.17, 15) is 9.59 Å². The Morgan fingerprint density at radius 1 is 1.17 bits per heavy atom. The lowest BCUT2D eigenvalue weighted by molar-refractivity contribution is -0.156. The van der Waals surface area contributed by atoms with Crippen LogP contribution in [-0.4, -0.2) is 29.9 Å². The van der Waals surface area contributed by atoms with E-state index in [0.717, 1.165) is 18.4 Å². The quantitative estimate of drug-likeness (QED) is 0.599. The zero-order valence-electron chi connectivity index (χ0n) is 13.5. The summed E-state index contributed by atoms with van der Waals surface area (Å²) in [6, 6.07) is 9.84. The average Bonchev–Trinajstić information content (AvgIpc) is 3.21. The van der Waals surface area contributed by atoms with Crippen molar-refractivity contribution in [3.8, 4) is 0 Å². The zero-order chi connectivity index (χ0) is 16.2. The first-order chi connectivity index (χ1) is 11.2. The Kier molecular flexibility index (Phi) is 4.79. The van der Waals surface area contributed by atoms with E-state index in [1.165, 1.54) is 0 Å². The number of benzene rings is 1. The van der Waals surface area contributed by atoms with Crippen LogP contribution in [0.4, 0.5) is 0 Å². The highest BCUT2D eigenvalue weighted by Gasteiger charge is 2.40. The minimum Gasteiger partial charge on any atom is -0.455 e. The normalized spacial score (nSPS) is 24.7. The Morgan fingerprint density at radius 2 is 1.96 bits per heavy atom. The Balaban J connectivity index is 1.49. The molecule has 2 aliphatic rings. The van der Waals surface area contributed by atoms with Crippen LogP contribution in [0.1, 0.15) is 25.3 Å². The standard InChI is InChI=1S/C19H23NO3/c1-2-20(12-14-6-4-3-5-7-14)18(21)13-23-19(22)17-11-15-8-9-16(17)10-15/h3-9,15-17H,2,10-13H2,1H3. The van der Waals surface area contributed by atoms with Gasteiger partial charge in [0.15, 0.2) is 6.61 Å². The summed E-state index contributed by atoms with van der Waals surface area (Å²) in [6.07, 6.45) is 6.24. The van der Waals surface area contributed by atoms with E-state index < -0.39 is 0 Å². The maximum absolute atomic E-state index is 12.3. The van der Waals surface area contributed by atoms with E-state index in [2.05, 4.69) is 12.2 Å². The molecule has 0 aliphatic heterocycles. The largest absolute Gasteiger partial charge is 0.455 e. The molecule has 1 saturated carbocycles. The maximum atomic E-state index is 12.3. The number of carbonyl (C=O) groups excluding carboxylic acids is 2. The van der Waals surface area contributed by atoms with E-state index in [4.69, 9.17) is 4.74 Å². The lowest BCUT2D eigenvalue weighted by Crippen LogP contribution is -2.35. The lowest BCUT2D eigenvalue weighted by atomic mass is 9.94. The third kappa shape index (κ3) is 3.63. The Hall–Kier alpha value is -2.10. The molecule has 2 bridgehead atoms. The van der Waals surface area contributed by atoms with Crippen LogP contribution in [0.3, 0.4) is 0 Å². The van der Waals surface area contributed by atoms with Crippen molar-refractivity contribution in [3.63, 3.8) is 0 Å². The molecular formula is C19H23NO3. The fraction of sp³-hybridized carbons (Fsp3) is 0.474. The van der Waals surface area contributed by atoms with Gasteiger partial charge >= 0.3 is 5.97 Å². The third-order valence-electron chi connectivity index (χ3n) is 4.87. The van der Waals surface area contributed by atoms with Gasteiger partial charge in [0.1, 0.15) is 0 Å². The number of hydrogen-bond donors (Lipinski definition) is 0. The van der Waals surface area contributed by atoms with Crippen LogP contribution in [0.15, 0.2) is 42.5 Å². The van der Waals surface area contributed by atoms with E-state index >= 15 is 0 Å². The number of nitrogens with zero attached hydrogens (tertiary/aromatic N) is 1. The van der Waals surface area contributed by atoms with Gasteiger partial charge in [0.25, 0.3) is 5.91 Å². The van der Waals surface area contributed by atoms with Gasteiger partial charge in [0.2, 0.25) is 0 Å². The molecule has 1 aromatic carbocycles. The third-order valence-corrected chi connectivity index (χ3v) is 4.87. The SMILES string of the molecule is CCN(Cc1ccccc1)C(=O)COC(=O)C1CC2C=CC1C2. The summed E-state index contributed by atoms with van der Waals surface area (Å²) in [5, 5.41) is 0. The highest BCUT2D eigenvalue weighted by atomic mass is 16.5. The topological polar surface area (TPSA) is 46.6 Å². The lowest BCUT2D eigenvalue weighted by Gasteiger charge is -2.22. The van der Waals surface area contributed by atoms with Gasteiger partial charge in [0, 0.05) is 13.1 Å². The second-order valence-electron chi connectivity index (χ2n) is 6.39. The van der Waals surface area contributed by atoms with Crippen molar-refractivity contribution < 1.29 is 14.3 Å². The molecule has 1 aromatic rings. The summed E-state index contributed by atoms with van der Waals surface area (Å²) < 4.78 is 5.30. The van der Waals surface area contributed by atoms with Crippen molar-refractivity contribution >= 4 is 11.9 Å². The minimum atomic E-state index is -0.217. The second-order valence-corrected chi connectivity index (χ2v) is 6.39. The summed E-state index contributed by atoms with van der Waals surface area (Å²) >= 11 is 0.